The summed E-state index contributed by atoms with van der Waals surface area (Å²) in [7, 11) is 1.27. The molecule has 0 radical (unpaired) electrons. The summed E-state index contributed by atoms with van der Waals surface area (Å²) in [5.74, 6) is -1.02. The van der Waals surface area contributed by atoms with Crippen molar-refractivity contribution in [3.8, 4) is 5.75 Å². The molecule has 9 heteroatoms. The van der Waals surface area contributed by atoms with Crippen LogP contribution in [0.2, 0.25) is 5.02 Å². The van der Waals surface area contributed by atoms with E-state index in [1.165, 1.54) is 30.3 Å². The number of hydrazine groups is 1. The van der Waals surface area contributed by atoms with E-state index in [9.17, 15) is 14.0 Å². The standard InChI is InChI=1S/C17H21ClFN3O4/c1-11(5-6-16(23)25-2)26-15-10-14(13(19)9-12(15)18)21-17(24)22-8-4-3-7-20-22/h5-6,9-11,20H,3-4,7-8H2,1-2H3,(H,21,24)/b6-5+. The van der Waals surface area contributed by atoms with Crippen LogP contribution in [0, 0.1) is 5.82 Å². The predicted octanol–water partition coefficient (Wildman–Crippen LogP) is 3.11. The van der Waals surface area contributed by atoms with Gasteiger partial charge < -0.3 is 14.8 Å². The molecule has 1 atom stereocenters. The Morgan fingerprint density at radius 3 is 2.85 bits per heavy atom. The monoisotopic (exact) mass is 385 g/mol. The second-order valence-electron chi connectivity index (χ2n) is 5.66. The number of carbonyl (C=O) groups is 2. The number of carbonyl (C=O) groups excluding carboxylic acids is 2. The lowest BCUT2D eigenvalue weighted by Crippen LogP contribution is -2.49. The third kappa shape index (κ3) is 5.60. The zero-order chi connectivity index (χ0) is 19.1. The first-order valence-electron chi connectivity index (χ1n) is 8.14. The van der Waals surface area contributed by atoms with Gasteiger partial charge in [-0.1, -0.05) is 11.6 Å². The number of nitrogens with zero attached hydrogens (tertiary/aromatic N) is 1. The summed E-state index contributed by atoms with van der Waals surface area (Å²) in [6, 6.07) is 1.91. The van der Waals surface area contributed by atoms with Crippen molar-refractivity contribution in [2.24, 2.45) is 0 Å². The van der Waals surface area contributed by atoms with E-state index in [1.807, 2.05) is 0 Å². The van der Waals surface area contributed by atoms with Crippen molar-refractivity contribution in [3.63, 3.8) is 0 Å². The maximum absolute atomic E-state index is 14.1. The molecule has 1 unspecified atom stereocenters. The minimum atomic E-state index is -0.675. The van der Waals surface area contributed by atoms with Crippen molar-refractivity contribution in [2.75, 3.05) is 25.5 Å². The average molecular weight is 386 g/mol. The molecule has 7 nitrogen and oxygen atoms in total. The van der Waals surface area contributed by atoms with E-state index in [1.54, 1.807) is 6.92 Å². The number of methoxy groups -OCH3 is 1. The van der Waals surface area contributed by atoms with Gasteiger partial charge in [-0.2, -0.15) is 0 Å². The Labute approximate surface area is 156 Å². The number of ether oxygens (including phenoxy) is 2. The summed E-state index contributed by atoms with van der Waals surface area (Å²) in [6.07, 6.45) is 4.02. The molecule has 0 saturated carbocycles. The highest BCUT2D eigenvalue weighted by molar-refractivity contribution is 6.32. The fraction of sp³-hybridized carbons (Fsp3) is 0.412. The van der Waals surface area contributed by atoms with Gasteiger partial charge in [0.25, 0.3) is 0 Å². The number of hydrogen-bond donors (Lipinski definition) is 2. The van der Waals surface area contributed by atoms with Crippen molar-refractivity contribution >= 4 is 29.3 Å². The van der Waals surface area contributed by atoms with E-state index >= 15 is 0 Å². The number of halogens is 2. The fourth-order valence-corrected chi connectivity index (χ4v) is 2.48. The zero-order valence-electron chi connectivity index (χ0n) is 14.6. The zero-order valence-corrected chi connectivity index (χ0v) is 15.3. The van der Waals surface area contributed by atoms with E-state index in [0.717, 1.165) is 18.9 Å². The highest BCUT2D eigenvalue weighted by Crippen LogP contribution is 2.31. The lowest BCUT2D eigenvalue weighted by atomic mass is 10.2. The van der Waals surface area contributed by atoms with E-state index in [0.29, 0.717) is 13.1 Å². The quantitative estimate of drug-likeness (QED) is 0.601. The number of anilines is 1. The van der Waals surface area contributed by atoms with Gasteiger partial charge in [0, 0.05) is 25.2 Å². The molecule has 1 aliphatic heterocycles. The molecular formula is C17H21ClFN3O4. The van der Waals surface area contributed by atoms with Crippen molar-refractivity contribution in [3.05, 3.63) is 35.1 Å². The molecule has 2 amide bonds. The number of esters is 1. The molecular weight excluding hydrogens is 365 g/mol. The normalized spacial score (nSPS) is 15.6. The maximum atomic E-state index is 14.1. The number of hydrogen-bond acceptors (Lipinski definition) is 5. The number of rotatable bonds is 5. The molecule has 1 aromatic rings. The highest BCUT2D eigenvalue weighted by atomic mass is 35.5. The van der Waals surface area contributed by atoms with Crippen LogP contribution in [0.25, 0.3) is 0 Å². The molecule has 1 fully saturated rings. The Balaban J connectivity index is 2.08. The molecule has 142 valence electrons. The summed E-state index contributed by atoms with van der Waals surface area (Å²) in [5, 5.41) is 3.95. The summed E-state index contributed by atoms with van der Waals surface area (Å²) in [6.45, 7) is 2.91. The first-order chi connectivity index (χ1) is 12.4. The van der Waals surface area contributed by atoms with Crippen molar-refractivity contribution in [2.45, 2.75) is 25.9 Å². The van der Waals surface area contributed by atoms with Crippen LogP contribution >= 0.6 is 11.6 Å². The van der Waals surface area contributed by atoms with Crippen LogP contribution in [0.4, 0.5) is 14.9 Å². The lowest BCUT2D eigenvalue weighted by molar-refractivity contribution is -0.134. The van der Waals surface area contributed by atoms with Gasteiger partial charge in [-0.05, 0) is 31.9 Å². The van der Waals surface area contributed by atoms with Crippen molar-refractivity contribution in [1.29, 1.82) is 0 Å². The molecule has 26 heavy (non-hydrogen) atoms. The van der Waals surface area contributed by atoms with Crippen LogP contribution in [0.3, 0.4) is 0 Å². The average Bonchev–Trinajstić information content (AvgIpc) is 2.64. The van der Waals surface area contributed by atoms with Gasteiger partial charge in [0.2, 0.25) is 0 Å². The lowest BCUT2D eigenvalue weighted by Gasteiger charge is -2.27. The van der Waals surface area contributed by atoms with Crippen LogP contribution in [-0.2, 0) is 9.53 Å². The third-order valence-electron chi connectivity index (χ3n) is 3.64. The van der Waals surface area contributed by atoms with Gasteiger partial charge in [-0.15, -0.1) is 0 Å². The fourth-order valence-electron chi connectivity index (χ4n) is 2.28. The van der Waals surface area contributed by atoms with Gasteiger partial charge in [-0.3, -0.25) is 5.01 Å². The molecule has 2 N–H and O–H groups in total. The third-order valence-corrected chi connectivity index (χ3v) is 3.93. The number of benzene rings is 1. The van der Waals surface area contributed by atoms with Crippen LogP contribution in [-0.4, -0.2) is 43.3 Å². The Morgan fingerprint density at radius 1 is 1.42 bits per heavy atom. The van der Waals surface area contributed by atoms with Gasteiger partial charge in [0.05, 0.1) is 17.8 Å². The van der Waals surface area contributed by atoms with Gasteiger partial charge >= 0.3 is 12.0 Å². The summed E-state index contributed by atoms with van der Waals surface area (Å²) in [4.78, 5) is 23.3. The smallest absolute Gasteiger partial charge is 0.336 e. The largest absolute Gasteiger partial charge is 0.485 e. The second-order valence-corrected chi connectivity index (χ2v) is 6.07. The molecule has 2 rings (SSSR count). The van der Waals surface area contributed by atoms with E-state index in [2.05, 4.69) is 15.5 Å². The molecule has 0 aromatic heterocycles. The molecule has 1 heterocycles. The first-order valence-corrected chi connectivity index (χ1v) is 8.52. The summed E-state index contributed by atoms with van der Waals surface area (Å²) >= 11 is 6.00. The van der Waals surface area contributed by atoms with Gasteiger partial charge in [0.1, 0.15) is 17.7 Å². The topological polar surface area (TPSA) is 79.9 Å². The Hall–Kier alpha value is -2.32. The first kappa shape index (κ1) is 20.0. The molecule has 0 aliphatic carbocycles. The maximum Gasteiger partial charge on any atom is 0.336 e. The minimum absolute atomic E-state index is 0.0501. The minimum Gasteiger partial charge on any atom is -0.485 e. The molecule has 1 aliphatic rings. The van der Waals surface area contributed by atoms with Crippen LogP contribution in [0.15, 0.2) is 24.3 Å². The molecule has 0 spiro atoms. The highest BCUT2D eigenvalue weighted by Gasteiger charge is 2.19. The Bertz CT molecular complexity index is 693. The molecule has 1 saturated heterocycles. The second kappa shape index (κ2) is 9.40. The van der Waals surface area contributed by atoms with Crippen LogP contribution in [0.5, 0.6) is 5.75 Å². The van der Waals surface area contributed by atoms with E-state index in [4.69, 9.17) is 16.3 Å². The summed E-state index contributed by atoms with van der Waals surface area (Å²) in [5.41, 5.74) is 2.89. The SMILES string of the molecule is COC(=O)/C=C/C(C)Oc1cc(NC(=O)N2CCCCN2)c(F)cc1Cl. The number of amides is 2. The molecule has 0 bridgehead atoms. The summed E-state index contributed by atoms with van der Waals surface area (Å²) < 4.78 is 24.2. The Kier molecular flexibility index (Phi) is 7.23. The van der Waals surface area contributed by atoms with Gasteiger partial charge in [-0.25, -0.2) is 19.4 Å². The van der Waals surface area contributed by atoms with E-state index < -0.39 is 23.9 Å². The van der Waals surface area contributed by atoms with Crippen LogP contribution < -0.4 is 15.5 Å². The van der Waals surface area contributed by atoms with Crippen LogP contribution in [0.1, 0.15) is 19.8 Å². The van der Waals surface area contributed by atoms with Crippen molar-refractivity contribution in [1.82, 2.24) is 10.4 Å². The number of urea groups is 1. The molecule has 1 aromatic carbocycles. The predicted molar refractivity (Wildman–Crippen MR) is 95.6 cm³/mol. The number of nitrogens with one attached hydrogen (secondary N) is 2. The van der Waals surface area contributed by atoms with E-state index in [-0.39, 0.29) is 16.5 Å². The Morgan fingerprint density at radius 2 is 2.19 bits per heavy atom. The van der Waals surface area contributed by atoms with Crippen molar-refractivity contribution < 1.29 is 23.5 Å². The van der Waals surface area contributed by atoms with Gasteiger partial charge in [0.15, 0.2) is 0 Å².